The van der Waals surface area contributed by atoms with E-state index in [0.29, 0.717) is 30.7 Å². The van der Waals surface area contributed by atoms with Crippen LogP contribution in [0.3, 0.4) is 0 Å². The van der Waals surface area contributed by atoms with Crippen molar-refractivity contribution in [1.29, 1.82) is 0 Å². The van der Waals surface area contributed by atoms with Crippen LogP contribution in [0.2, 0.25) is 0 Å². The molecule has 1 atom stereocenters. The van der Waals surface area contributed by atoms with E-state index in [-0.39, 0.29) is 11.9 Å². The minimum Gasteiger partial charge on any atom is -0.465 e. The number of likely N-dealkylation sites (tertiary alicyclic amines) is 1. The molecule has 1 unspecified atom stereocenters. The molecule has 2 heterocycles. The molecule has 1 aromatic carbocycles. The number of benzene rings is 1. The predicted molar refractivity (Wildman–Crippen MR) is 83.1 cm³/mol. The number of hydrogen-bond donors (Lipinski definition) is 4. The van der Waals surface area contributed by atoms with E-state index in [1.165, 1.54) is 0 Å². The third kappa shape index (κ3) is 3.95. The third-order valence-corrected chi connectivity index (χ3v) is 3.86. The maximum absolute atomic E-state index is 12.0. The number of carboxylic acid groups (broad SMARTS) is 1. The fraction of sp³-hybridized carbons (Fsp3) is 0.429. The van der Waals surface area contributed by atoms with Crippen LogP contribution in [0.5, 0.6) is 0 Å². The molecule has 3 rings (SSSR count). The topological polar surface area (TPSA) is 123 Å². The van der Waals surface area contributed by atoms with Crippen molar-refractivity contribution in [2.24, 2.45) is 0 Å². The second-order valence-electron chi connectivity index (χ2n) is 5.58. The summed E-state index contributed by atoms with van der Waals surface area (Å²) in [5.41, 5.74) is 2.20. The minimum atomic E-state index is -1.00. The summed E-state index contributed by atoms with van der Waals surface area (Å²) in [7, 11) is 0. The Hall–Kier alpha value is -2.68. The smallest absolute Gasteiger partial charge is 0.404 e. The summed E-state index contributed by atoms with van der Waals surface area (Å²) in [6.07, 6.45) is 0.130. The summed E-state index contributed by atoms with van der Waals surface area (Å²) < 4.78 is 0. The van der Waals surface area contributed by atoms with Gasteiger partial charge >= 0.3 is 6.09 Å². The van der Waals surface area contributed by atoms with Crippen molar-refractivity contribution in [3.8, 4) is 0 Å². The molecule has 1 aliphatic heterocycles. The summed E-state index contributed by atoms with van der Waals surface area (Å²) in [5, 5.41) is 24.4. The molecule has 0 aliphatic carbocycles. The van der Waals surface area contributed by atoms with Gasteiger partial charge in [0.05, 0.1) is 5.52 Å². The number of nitrogens with zero attached hydrogens (tertiary/aromatic N) is 3. The van der Waals surface area contributed by atoms with Gasteiger partial charge in [-0.2, -0.15) is 0 Å². The maximum atomic E-state index is 12.0. The van der Waals surface area contributed by atoms with Gasteiger partial charge in [-0.05, 0) is 24.6 Å². The van der Waals surface area contributed by atoms with E-state index in [0.717, 1.165) is 18.5 Å². The molecule has 0 bridgehead atoms. The Kier molecular flexibility index (Phi) is 4.38. The molecule has 9 heteroatoms. The van der Waals surface area contributed by atoms with Crippen molar-refractivity contribution in [3.63, 3.8) is 0 Å². The molecule has 122 valence electrons. The van der Waals surface area contributed by atoms with E-state index in [4.69, 9.17) is 5.11 Å². The van der Waals surface area contributed by atoms with E-state index >= 15 is 0 Å². The van der Waals surface area contributed by atoms with E-state index in [1.807, 2.05) is 6.07 Å². The lowest BCUT2D eigenvalue weighted by Crippen LogP contribution is -2.36. The van der Waals surface area contributed by atoms with Crippen LogP contribution in [-0.2, 0) is 4.79 Å². The second-order valence-corrected chi connectivity index (χ2v) is 5.58. The van der Waals surface area contributed by atoms with Crippen LogP contribution in [0.4, 0.5) is 10.5 Å². The van der Waals surface area contributed by atoms with E-state index in [2.05, 4.69) is 30.9 Å². The van der Waals surface area contributed by atoms with Gasteiger partial charge in [0.15, 0.2) is 0 Å². The molecule has 0 saturated carbocycles. The molecule has 0 spiro atoms. The quantitative estimate of drug-likeness (QED) is 0.641. The number of carbonyl (C=O) groups excluding carboxylic acids is 1. The third-order valence-electron chi connectivity index (χ3n) is 3.86. The van der Waals surface area contributed by atoms with Gasteiger partial charge in [0.1, 0.15) is 5.52 Å². The molecule has 2 amide bonds. The summed E-state index contributed by atoms with van der Waals surface area (Å²) in [6.45, 7) is 2.05. The average Bonchev–Trinajstić information content (AvgIpc) is 3.13. The minimum absolute atomic E-state index is 0.0508. The lowest BCUT2D eigenvalue weighted by Gasteiger charge is -2.15. The normalized spacial score (nSPS) is 18.2. The number of anilines is 1. The van der Waals surface area contributed by atoms with Gasteiger partial charge < -0.3 is 20.6 Å². The Morgan fingerprint density at radius 1 is 1.43 bits per heavy atom. The molecule has 1 saturated heterocycles. The van der Waals surface area contributed by atoms with Crippen LogP contribution in [0.25, 0.3) is 11.0 Å². The highest BCUT2D eigenvalue weighted by molar-refractivity contribution is 5.92. The molecular weight excluding hydrogens is 300 g/mol. The van der Waals surface area contributed by atoms with Gasteiger partial charge in [0.2, 0.25) is 5.91 Å². The number of fused-ring (bicyclic) bond motifs is 1. The molecule has 4 N–H and O–H groups in total. The number of hydrogen-bond acceptors (Lipinski definition) is 5. The first-order valence-corrected chi connectivity index (χ1v) is 7.42. The van der Waals surface area contributed by atoms with Crippen molar-refractivity contribution in [3.05, 3.63) is 18.2 Å². The Bertz CT molecular complexity index is 715. The van der Waals surface area contributed by atoms with Crippen molar-refractivity contribution in [1.82, 2.24) is 25.6 Å². The van der Waals surface area contributed by atoms with Gasteiger partial charge in [-0.15, -0.1) is 5.10 Å². The fourth-order valence-corrected chi connectivity index (χ4v) is 2.73. The van der Waals surface area contributed by atoms with Crippen molar-refractivity contribution < 1.29 is 14.7 Å². The van der Waals surface area contributed by atoms with Gasteiger partial charge in [-0.1, -0.05) is 5.21 Å². The first-order chi connectivity index (χ1) is 11.1. The Balaban J connectivity index is 1.45. The van der Waals surface area contributed by atoms with E-state index < -0.39 is 6.09 Å². The lowest BCUT2D eigenvalue weighted by atomic mass is 10.2. The number of aromatic amines is 1. The van der Waals surface area contributed by atoms with Crippen molar-refractivity contribution in [2.45, 2.75) is 18.9 Å². The molecule has 9 nitrogen and oxygen atoms in total. The van der Waals surface area contributed by atoms with Gasteiger partial charge in [0, 0.05) is 37.8 Å². The monoisotopic (exact) mass is 318 g/mol. The molecule has 23 heavy (non-hydrogen) atoms. The first kappa shape index (κ1) is 15.2. The van der Waals surface area contributed by atoms with E-state index in [9.17, 15) is 9.59 Å². The highest BCUT2D eigenvalue weighted by Crippen LogP contribution is 2.15. The van der Waals surface area contributed by atoms with E-state index in [1.54, 1.807) is 12.1 Å². The maximum Gasteiger partial charge on any atom is 0.404 e. The standard InChI is InChI=1S/C14H18N6O3/c21-13(4-6-20-5-3-10(8-20)16-14(22)23)15-9-1-2-11-12(7-9)18-19-17-11/h1-2,7,10,16H,3-6,8H2,(H,15,21)(H,22,23)(H,17,18,19). The second kappa shape index (κ2) is 6.61. The Morgan fingerprint density at radius 2 is 2.30 bits per heavy atom. The number of carbonyl (C=O) groups is 2. The summed E-state index contributed by atoms with van der Waals surface area (Å²) in [5.74, 6) is -0.0810. The van der Waals surface area contributed by atoms with Crippen LogP contribution in [-0.4, -0.2) is 63.1 Å². The SMILES string of the molecule is O=C(O)NC1CCN(CCC(=O)Nc2ccc3[nH]nnc3c2)C1. The molecule has 1 aliphatic rings. The van der Waals surface area contributed by atoms with Crippen LogP contribution >= 0.6 is 0 Å². The number of amides is 2. The summed E-state index contributed by atoms with van der Waals surface area (Å²) in [4.78, 5) is 24.7. The molecule has 1 aromatic heterocycles. The Morgan fingerprint density at radius 3 is 3.13 bits per heavy atom. The van der Waals surface area contributed by atoms with Crippen LogP contribution in [0, 0.1) is 0 Å². The lowest BCUT2D eigenvalue weighted by molar-refractivity contribution is -0.116. The van der Waals surface area contributed by atoms with Gasteiger partial charge in [-0.25, -0.2) is 4.79 Å². The van der Waals surface area contributed by atoms with Gasteiger partial charge in [0.25, 0.3) is 0 Å². The largest absolute Gasteiger partial charge is 0.465 e. The van der Waals surface area contributed by atoms with Crippen molar-refractivity contribution >= 4 is 28.7 Å². The highest BCUT2D eigenvalue weighted by Gasteiger charge is 2.23. The first-order valence-electron chi connectivity index (χ1n) is 7.42. The molecule has 1 fully saturated rings. The summed E-state index contributed by atoms with van der Waals surface area (Å²) in [6, 6.07) is 5.32. The van der Waals surface area contributed by atoms with Crippen LogP contribution < -0.4 is 10.6 Å². The van der Waals surface area contributed by atoms with Crippen LogP contribution in [0.1, 0.15) is 12.8 Å². The molecule has 2 aromatic rings. The predicted octanol–water partition coefficient (Wildman–Crippen LogP) is 0.628. The number of nitrogens with one attached hydrogen (secondary N) is 3. The molecular formula is C14H18N6O3. The van der Waals surface area contributed by atoms with Crippen LogP contribution in [0.15, 0.2) is 18.2 Å². The zero-order chi connectivity index (χ0) is 16.2. The highest BCUT2D eigenvalue weighted by atomic mass is 16.4. The van der Waals surface area contributed by atoms with Crippen molar-refractivity contribution in [2.75, 3.05) is 25.0 Å². The number of rotatable bonds is 5. The van der Waals surface area contributed by atoms with Gasteiger partial charge in [-0.3, -0.25) is 9.89 Å². The fourth-order valence-electron chi connectivity index (χ4n) is 2.73. The zero-order valence-corrected chi connectivity index (χ0v) is 12.5. The average molecular weight is 318 g/mol. The molecule has 0 radical (unpaired) electrons. The Labute approximate surface area is 132 Å². The zero-order valence-electron chi connectivity index (χ0n) is 12.5. The number of aromatic nitrogens is 3. The number of H-pyrrole nitrogens is 1. The summed E-state index contributed by atoms with van der Waals surface area (Å²) >= 11 is 0.